The maximum absolute atomic E-state index is 10.7. The number of anilines is 1. The summed E-state index contributed by atoms with van der Waals surface area (Å²) >= 11 is 0. The molecule has 2 N–H and O–H groups in total. The number of pyridine rings is 1. The first-order chi connectivity index (χ1) is 12.1. The number of nitrogens with zero attached hydrogens (tertiary/aromatic N) is 3. The second-order valence-electron chi connectivity index (χ2n) is 5.46. The quantitative estimate of drug-likeness (QED) is 0.547. The van der Waals surface area contributed by atoms with Crippen LogP contribution in [0.4, 0.5) is 11.5 Å². The summed E-state index contributed by atoms with van der Waals surface area (Å²) in [6, 6.07) is 16.5. The van der Waals surface area contributed by atoms with Crippen LogP contribution < -0.4 is 5.32 Å². The van der Waals surface area contributed by atoms with E-state index in [1.807, 2.05) is 48.5 Å². The summed E-state index contributed by atoms with van der Waals surface area (Å²) in [6.07, 6.45) is 0.263. The maximum atomic E-state index is 10.7. The van der Waals surface area contributed by atoms with Gasteiger partial charge in [-0.05, 0) is 22.4 Å². The molecule has 25 heavy (non-hydrogen) atoms. The molecule has 7 nitrogen and oxygen atoms in total. The van der Waals surface area contributed by atoms with E-state index in [1.54, 1.807) is 0 Å². The molecule has 0 amide bonds. The van der Waals surface area contributed by atoms with Gasteiger partial charge < -0.3 is 10.4 Å². The van der Waals surface area contributed by atoms with Gasteiger partial charge in [-0.25, -0.2) is 4.98 Å². The molecule has 1 heterocycles. The van der Waals surface area contributed by atoms with E-state index in [2.05, 4.69) is 10.3 Å². The molecule has 0 saturated heterocycles. The van der Waals surface area contributed by atoms with Crippen molar-refractivity contribution in [3.05, 3.63) is 76.0 Å². The molecule has 3 rings (SSSR count). The highest BCUT2D eigenvalue weighted by molar-refractivity contribution is 5.83. The second-order valence-corrected chi connectivity index (χ2v) is 5.46. The Kier molecular flexibility index (Phi) is 4.55. The molecule has 0 saturated carbocycles. The summed E-state index contributed by atoms with van der Waals surface area (Å²) in [7, 11) is 0. The minimum atomic E-state index is -0.812. The lowest BCUT2D eigenvalue weighted by molar-refractivity contribution is -0.385. The van der Waals surface area contributed by atoms with E-state index in [1.165, 1.54) is 0 Å². The van der Waals surface area contributed by atoms with Crippen molar-refractivity contribution in [2.45, 2.75) is 6.10 Å². The van der Waals surface area contributed by atoms with Crippen LogP contribution in [-0.2, 0) is 0 Å². The summed E-state index contributed by atoms with van der Waals surface area (Å²) in [5, 5.41) is 35.2. The fourth-order valence-corrected chi connectivity index (χ4v) is 2.51. The van der Waals surface area contributed by atoms with Crippen LogP contribution in [0.3, 0.4) is 0 Å². The minimum absolute atomic E-state index is 0.0555. The molecule has 7 heteroatoms. The number of rotatable bonds is 5. The van der Waals surface area contributed by atoms with E-state index >= 15 is 0 Å². The minimum Gasteiger partial charge on any atom is -0.387 e. The zero-order valence-corrected chi connectivity index (χ0v) is 13.1. The lowest BCUT2D eigenvalue weighted by Gasteiger charge is -2.14. The molecule has 0 aliphatic heterocycles. The molecule has 0 fully saturated rings. The van der Waals surface area contributed by atoms with E-state index in [-0.39, 0.29) is 23.6 Å². The molecule has 3 aromatic rings. The topological polar surface area (TPSA) is 112 Å². The van der Waals surface area contributed by atoms with Gasteiger partial charge in [0.1, 0.15) is 23.6 Å². The van der Waals surface area contributed by atoms with Crippen LogP contribution >= 0.6 is 0 Å². The van der Waals surface area contributed by atoms with Crippen molar-refractivity contribution >= 4 is 22.3 Å². The van der Waals surface area contributed by atoms with Gasteiger partial charge in [-0.2, -0.15) is 5.26 Å². The highest BCUT2D eigenvalue weighted by atomic mass is 16.6. The number of aromatic nitrogens is 1. The van der Waals surface area contributed by atoms with E-state index in [0.717, 1.165) is 28.6 Å². The molecular formula is C18H14N4O3. The third-order valence-electron chi connectivity index (χ3n) is 3.83. The highest BCUT2D eigenvalue weighted by Gasteiger charge is 2.14. The predicted molar refractivity (Wildman–Crippen MR) is 93.0 cm³/mol. The number of nitro groups is 1. The van der Waals surface area contributed by atoms with Crippen LogP contribution in [0, 0.1) is 21.4 Å². The summed E-state index contributed by atoms with van der Waals surface area (Å²) in [5.41, 5.74) is 0.531. The van der Waals surface area contributed by atoms with Gasteiger partial charge in [0.2, 0.25) is 0 Å². The van der Waals surface area contributed by atoms with E-state index < -0.39 is 11.0 Å². The molecule has 0 spiro atoms. The average molecular weight is 334 g/mol. The number of hydrogen-bond acceptors (Lipinski definition) is 6. The van der Waals surface area contributed by atoms with Crippen molar-refractivity contribution in [1.82, 2.24) is 4.98 Å². The van der Waals surface area contributed by atoms with E-state index in [0.29, 0.717) is 0 Å². The van der Waals surface area contributed by atoms with Crippen molar-refractivity contribution < 1.29 is 10.0 Å². The number of aliphatic hydroxyl groups excluding tert-OH is 1. The van der Waals surface area contributed by atoms with Gasteiger partial charge in [0.05, 0.1) is 11.0 Å². The SMILES string of the molecule is N#Cc1cc([N+](=O)[O-])cnc1NCC(O)c1ccc2ccccc2c1. The Bertz CT molecular complexity index is 981. The van der Waals surface area contributed by atoms with Crippen molar-refractivity contribution in [2.75, 3.05) is 11.9 Å². The number of fused-ring (bicyclic) bond motifs is 1. The summed E-state index contributed by atoms with van der Waals surface area (Å²) in [6.45, 7) is 0.123. The second kappa shape index (κ2) is 6.95. The number of hydrogen-bond donors (Lipinski definition) is 2. The first-order valence-corrected chi connectivity index (χ1v) is 7.53. The molecule has 0 aliphatic rings. The van der Waals surface area contributed by atoms with Crippen LogP contribution in [-0.4, -0.2) is 21.6 Å². The smallest absolute Gasteiger partial charge is 0.289 e. The molecule has 0 bridgehead atoms. The average Bonchev–Trinajstić information content (AvgIpc) is 2.65. The van der Waals surface area contributed by atoms with Crippen molar-refractivity contribution in [2.24, 2.45) is 0 Å². The summed E-state index contributed by atoms with van der Waals surface area (Å²) in [5.74, 6) is 0.202. The molecule has 1 unspecified atom stereocenters. The first-order valence-electron chi connectivity index (χ1n) is 7.53. The normalized spacial score (nSPS) is 11.7. The lowest BCUT2D eigenvalue weighted by Crippen LogP contribution is -2.14. The van der Waals surface area contributed by atoms with Crippen LogP contribution in [0.2, 0.25) is 0 Å². The maximum Gasteiger partial charge on any atom is 0.289 e. The Morgan fingerprint density at radius 1 is 1.24 bits per heavy atom. The zero-order valence-electron chi connectivity index (χ0n) is 13.1. The molecule has 1 atom stereocenters. The van der Waals surface area contributed by atoms with E-state index in [9.17, 15) is 15.2 Å². The third-order valence-corrected chi connectivity index (χ3v) is 3.83. The van der Waals surface area contributed by atoms with Crippen molar-refractivity contribution in [3.8, 4) is 6.07 Å². The van der Waals surface area contributed by atoms with E-state index in [4.69, 9.17) is 5.26 Å². The van der Waals surface area contributed by atoms with Gasteiger partial charge in [-0.3, -0.25) is 10.1 Å². The molecule has 0 radical (unpaired) electrons. The molecule has 2 aromatic carbocycles. The van der Waals surface area contributed by atoms with Gasteiger partial charge in [0.15, 0.2) is 0 Å². The Labute approximate surface area is 143 Å². The molecule has 124 valence electrons. The predicted octanol–water partition coefficient (Wildman–Crippen LogP) is 3.16. The Morgan fingerprint density at radius 2 is 2.00 bits per heavy atom. The number of benzene rings is 2. The standard InChI is InChI=1S/C18H14N4O3/c19-9-15-8-16(22(24)25)10-20-18(15)21-11-17(23)14-6-5-12-3-1-2-4-13(12)7-14/h1-8,10,17,23H,11H2,(H,20,21). The van der Waals surface area contributed by atoms with Crippen LogP contribution in [0.15, 0.2) is 54.7 Å². The number of aliphatic hydroxyl groups is 1. The largest absolute Gasteiger partial charge is 0.387 e. The highest BCUT2D eigenvalue weighted by Crippen LogP contribution is 2.22. The molecule has 0 aliphatic carbocycles. The Hall–Kier alpha value is -3.50. The monoisotopic (exact) mass is 334 g/mol. The van der Waals surface area contributed by atoms with Crippen LogP contribution in [0.25, 0.3) is 10.8 Å². The lowest BCUT2D eigenvalue weighted by atomic mass is 10.0. The van der Waals surface area contributed by atoms with Crippen LogP contribution in [0.1, 0.15) is 17.2 Å². The number of nitriles is 1. The Balaban J connectivity index is 1.76. The van der Waals surface area contributed by atoms with Gasteiger partial charge in [0.25, 0.3) is 5.69 Å². The molecular weight excluding hydrogens is 320 g/mol. The zero-order chi connectivity index (χ0) is 17.8. The molecule has 1 aromatic heterocycles. The summed E-state index contributed by atoms with van der Waals surface area (Å²) in [4.78, 5) is 14.0. The van der Waals surface area contributed by atoms with Crippen molar-refractivity contribution in [3.63, 3.8) is 0 Å². The summed E-state index contributed by atoms with van der Waals surface area (Å²) < 4.78 is 0. The van der Waals surface area contributed by atoms with Crippen LogP contribution in [0.5, 0.6) is 0 Å². The number of nitrogens with one attached hydrogen (secondary N) is 1. The third kappa shape index (κ3) is 3.54. The fraction of sp³-hybridized carbons (Fsp3) is 0.111. The Morgan fingerprint density at radius 3 is 2.72 bits per heavy atom. The van der Waals surface area contributed by atoms with Crippen molar-refractivity contribution in [1.29, 1.82) is 5.26 Å². The van der Waals surface area contributed by atoms with Gasteiger partial charge >= 0.3 is 0 Å². The first kappa shape index (κ1) is 16.4. The van der Waals surface area contributed by atoms with Gasteiger partial charge in [-0.1, -0.05) is 36.4 Å². The van der Waals surface area contributed by atoms with Gasteiger partial charge in [0, 0.05) is 12.6 Å². The van der Waals surface area contributed by atoms with Gasteiger partial charge in [-0.15, -0.1) is 0 Å². The fourth-order valence-electron chi connectivity index (χ4n) is 2.51.